The highest BCUT2D eigenvalue weighted by molar-refractivity contribution is 7.85. The van der Waals surface area contributed by atoms with Crippen molar-refractivity contribution in [2.24, 2.45) is 0 Å². The molecule has 0 amide bonds. The second-order valence-corrected chi connectivity index (χ2v) is 18.3. The predicted molar refractivity (Wildman–Crippen MR) is 234 cm³/mol. The first-order chi connectivity index (χ1) is 28.5. The SMILES string of the molecule is CCCCC/C=C/CCCCCCCC(=O)O[C@H](COC(=O)CCCCCCCCCCCCCCCCCCCCC)CO[C@H]1O[C@H](CS(=O)(=O)O)[C@@H](O)C(O)C1O. The van der Waals surface area contributed by atoms with Crippen molar-refractivity contribution in [2.45, 2.75) is 250 Å². The van der Waals surface area contributed by atoms with Crippen LogP contribution in [0, 0.1) is 0 Å². The molecule has 0 aromatic carbocycles. The maximum Gasteiger partial charge on any atom is 0.306 e. The Morgan fingerprint density at radius 2 is 0.966 bits per heavy atom. The van der Waals surface area contributed by atoms with Crippen molar-refractivity contribution in [3.63, 3.8) is 0 Å². The molecular weight excluding hydrogens is 777 g/mol. The molecule has 4 N–H and O–H groups in total. The number of aliphatic hydroxyl groups excluding tert-OH is 3. The molecule has 12 nitrogen and oxygen atoms in total. The zero-order chi connectivity index (χ0) is 43.4. The molecule has 0 aromatic rings. The van der Waals surface area contributed by atoms with E-state index in [-0.39, 0.29) is 19.4 Å². The summed E-state index contributed by atoms with van der Waals surface area (Å²) in [4.78, 5) is 25.4. The van der Waals surface area contributed by atoms with Crippen molar-refractivity contribution in [2.75, 3.05) is 19.0 Å². The highest BCUT2D eigenvalue weighted by Gasteiger charge is 2.46. The maximum absolute atomic E-state index is 12.8. The maximum atomic E-state index is 12.8. The molecule has 1 aliphatic heterocycles. The Morgan fingerprint density at radius 1 is 0.559 bits per heavy atom. The Bertz CT molecular complexity index is 1150. The quantitative estimate of drug-likeness (QED) is 0.0198. The summed E-state index contributed by atoms with van der Waals surface area (Å²) in [6, 6.07) is 0. The normalized spacial score (nSPS) is 20.3. The summed E-state index contributed by atoms with van der Waals surface area (Å²) < 4.78 is 54.1. The van der Waals surface area contributed by atoms with Gasteiger partial charge >= 0.3 is 11.9 Å². The Kier molecular flexibility index (Phi) is 34.7. The fourth-order valence-electron chi connectivity index (χ4n) is 7.38. The monoisotopic (exact) mass is 863 g/mol. The van der Waals surface area contributed by atoms with Gasteiger partial charge in [0, 0.05) is 12.8 Å². The molecule has 1 fully saturated rings. The minimum atomic E-state index is -4.60. The van der Waals surface area contributed by atoms with Crippen LogP contribution in [-0.2, 0) is 38.7 Å². The van der Waals surface area contributed by atoms with E-state index in [1.165, 1.54) is 116 Å². The lowest BCUT2D eigenvalue weighted by Crippen LogP contribution is -2.60. The summed E-state index contributed by atoms with van der Waals surface area (Å²) in [7, 11) is -4.60. The molecular formula is C46H86O12S. The molecule has 0 radical (unpaired) electrons. The first kappa shape index (κ1) is 55.4. The molecule has 0 saturated carbocycles. The average molecular weight is 863 g/mol. The number of carbonyl (C=O) groups excluding carboxylic acids is 2. The van der Waals surface area contributed by atoms with Crippen molar-refractivity contribution in [1.29, 1.82) is 0 Å². The largest absolute Gasteiger partial charge is 0.462 e. The van der Waals surface area contributed by atoms with Gasteiger partial charge in [0.05, 0.1) is 6.61 Å². The van der Waals surface area contributed by atoms with Gasteiger partial charge in [-0.3, -0.25) is 14.1 Å². The van der Waals surface area contributed by atoms with E-state index < -0.39 is 71.2 Å². The van der Waals surface area contributed by atoms with Crippen LogP contribution in [0.2, 0.25) is 0 Å². The van der Waals surface area contributed by atoms with E-state index in [1.54, 1.807) is 0 Å². The third-order valence-corrected chi connectivity index (χ3v) is 11.8. The van der Waals surface area contributed by atoms with Crippen LogP contribution in [0.3, 0.4) is 0 Å². The van der Waals surface area contributed by atoms with Gasteiger partial charge in [-0.15, -0.1) is 0 Å². The van der Waals surface area contributed by atoms with Crippen LogP contribution in [0.15, 0.2) is 12.2 Å². The van der Waals surface area contributed by atoms with Crippen LogP contribution in [0.4, 0.5) is 0 Å². The number of carbonyl (C=O) groups is 2. The van der Waals surface area contributed by atoms with Gasteiger partial charge in [0.2, 0.25) is 0 Å². The Labute approximate surface area is 358 Å². The fourth-order valence-corrected chi connectivity index (χ4v) is 8.07. The molecule has 0 bridgehead atoms. The number of hydrogen-bond donors (Lipinski definition) is 4. The summed E-state index contributed by atoms with van der Waals surface area (Å²) in [6.07, 6.45) is 29.8. The molecule has 1 saturated heterocycles. The number of unbranched alkanes of at least 4 members (excludes halogenated alkanes) is 26. The highest BCUT2D eigenvalue weighted by Crippen LogP contribution is 2.24. The average Bonchev–Trinajstić information content (AvgIpc) is 3.20. The van der Waals surface area contributed by atoms with Crippen LogP contribution in [0.5, 0.6) is 0 Å². The molecule has 59 heavy (non-hydrogen) atoms. The molecule has 6 atom stereocenters. The second kappa shape index (κ2) is 37.0. The summed E-state index contributed by atoms with van der Waals surface area (Å²) in [5.74, 6) is -1.98. The lowest BCUT2D eigenvalue weighted by molar-refractivity contribution is -0.297. The number of rotatable bonds is 40. The molecule has 2 unspecified atom stereocenters. The number of aliphatic hydroxyl groups is 3. The number of esters is 2. The van der Waals surface area contributed by atoms with E-state index >= 15 is 0 Å². The van der Waals surface area contributed by atoms with E-state index in [0.717, 1.165) is 57.8 Å². The molecule has 1 aliphatic rings. The second-order valence-electron chi connectivity index (χ2n) is 16.8. The first-order valence-electron chi connectivity index (χ1n) is 23.7. The molecule has 0 aromatic heterocycles. The van der Waals surface area contributed by atoms with E-state index in [2.05, 4.69) is 26.0 Å². The molecule has 1 heterocycles. The lowest BCUT2D eigenvalue weighted by Gasteiger charge is -2.40. The van der Waals surface area contributed by atoms with E-state index in [9.17, 15) is 37.9 Å². The highest BCUT2D eigenvalue weighted by atomic mass is 32.2. The van der Waals surface area contributed by atoms with Crippen LogP contribution in [-0.4, -0.2) is 96.0 Å². The van der Waals surface area contributed by atoms with Gasteiger partial charge in [0.1, 0.15) is 36.8 Å². The van der Waals surface area contributed by atoms with Gasteiger partial charge in [-0.2, -0.15) is 8.42 Å². The van der Waals surface area contributed by atoms with Gasteiger partial charge in [-0.1, -0.05) is 174 Å². The van der Waals surface area contributed by atoms with Crippen molar-refractivity contribution in [3.05, 3.63) is 12.2 Å². The minimum absolute atomic E-state index is 0.158. The van der Waals surface area contributed by atoms with Gasteiger partial charge in [-0.05, 0) is 38.5 Å². The lowest BCUT2D eigenvalue weighted by atomic mass is 10.00. The number of hydrogen-bond acceptors (Lipinski definition) is 11. The summed E-state index contributed by atoms with van der Waals surface area (Å²) >= 11 is 0. The third kappa shape index (κ3) is 31.8. The van der Waals surface area contributed by atoms with Crippen LogP contribution < -0.4 is 0 Å². The molecule has 348 valence electrons. The van der Waals surface area contributed by atoms with Gasteiger partial charge in [0.15, 0.2) is 12.4 Å². The predicted octanol–water partition coefficient (Wildman–Crippen LogP) is 9.84. The smallest absolute Gasteiger partial charge is 0.306 e. The van der Waals surface area contributed by atoms with Crippen molar-refractivity contribution in [3.8, 4) is 0 Å². The Morgan fingerprint density at radius 3 is 1.44 bits per heavy atom. The third-order valence-electron chi connectivity index (χ3n) is 11.1. The summed E-state index contributed by atoms with van der Waals surface area (Å²) in [5, 5.41) is 30.9. The molecule has 1 rings (SSSR count). The van der Waals surface area contributed by atoms with Crippen LogP contribution >= 0.6 is 0 Å². The van der Waals surface area contributed by atoms with Gasteiger partial charge in [0.25, 0.3) is 10.1 Å². The summed E-state index contributed by atoms with van der Waals surface area (Å²) in [6.45, 7) is 3.75. The van der Waals surface area contributed by atoms with Gasteiger partial charge < -0.3 is 34.3 Å². The van der Waals surface area contributed by atoms with E-state index in [4.69, 9.17) is 18.9 Å². The summed E-state index contributed by atoms with van der Waals surface area (Å²) in [5.41, 5.74) is 0. The van der Waals surface area contributed by atoms with E-state index in [1.807, 2.05) is 0 Å². The standard InChI is InChI=1S/C46H86O12S/c1-3-5-7-9-11-13-15-17-18-19-20-21-22-23-25-26-28-30-32-34-41(47)55-36-39(37-56-46-45(51)44(50)43(49)40(58-46)38-59(52,53)54)57-42(48)35-33-31-29-27-24-16-14-12-10-8-6-4-2/h12,14,39-40,43-46,49-51H,3-11,13,15-38H2,1-2H3,(H,52,53,54)/b14-12+/t39-,40-,43-,44?,45?,46+/m1/s1. The minimum Gasteiger partial charge on any atom is -0.462 e. The van der Waals surface area contributed by atoms with Crippen molar-refractivity contribution >= 4 is 22.1 Å². The van der Waals surface area contributed by atoms with Crippen molar-refractivity contribution < 1.29 is 56.8 Å². The Balaban J connectivity index is 2.38. The molecule has 0 aliphatic carbocycles. The Hall–Kier alpha value is -1.61. The van der Waals surface area contributed by atoms with Crippen LogP contribution in [0.1, 0.15) is 213 Å². The zero-order valence-electron chi connectivity index (χ0n) is 37.1. The molecule has 0 spiro atoms. The topological polar surface area (TPSA) is 186 Å². The first-order valence-corrected chi connectivity index (χ1v) is 25.4. The zero-order valence-corrected chi connectivity index (χ0v) is 37.9. The van der Waals surface area contributed by atoms with E-state index in [0.29, 0.717) is 12.8 Å². The molecule has 13 heteroatoms. The fraction of sp³-hybridized carbons (Fsp3) is 0.913. The van der Waals surface area contributed by atoms with Crippen LogP contribution in [0.25, 0.3) is 0 Å². The van der Waals surface area contributed by atoms with Gasteiger partial charge in [-0.25, -0.2) is 0 Å². The number of allylic oxidation sites excluding steroid dienone is 2. The number of ether oxygens (including phenoxy) is 4. The van der Waals surface area contributed by atoms with Crippen molar-refractivity contribution in [1.82, 2.24) is 0 Å².